The van der Waals surface area contributed by atoms with E-state index in [2.05, 4.69) is 59.7 Å². The van der Waals surface area contributed by atoms with Gasteiger partial charge in [0.2, 0.25) is 0 Å². The average Bonchev–Trinajstić information content (AvgIpc) is 3.20. The molecule has 2 heterocycles. The molecule has 0 unspecified atom stereocenters. The van der Waals surface area contributed by atoms with Crippen LogP contribution in [0.2, 0.25) is 0 Å². The van der Waals surface area contributed by atoms with E-state index in [0.717, 1.165) is 44.5 Å². The molecule has 2 aromatic heterocycles. The Morgan fingerprint density at radius 1 is 1.03 bits per heavy atom. The van der Waals surface area contributed by atoms with Crippen LogP contribution >= 0.6 is 0 Å². The second-order valence-corrected chi connectivity index (χ2v) is 6.99. The van der Waals surface area contributed by atoms with E-state index in [4.69, 9.17) is 0 Å². The molecule has 5 nitrogen and oxygen atoms in total. The molecule has 4 rings (SSSR count). The molecule has 0 N–H and O–H groups in total. The molecule has 0 atom stereocenters. The molecule has 0 aliphatic carbocycles. The Labute approximate surface area is 175 Å². The first kappa shape index (κ1) is 19.3. The molecule has 0 amide bonds. The number of aryl methyl sites for hydroxylation is 1. The van der Waals surface area contributed by atoms with E-state index in [0.29, 0.717) is 0 Å². The average molecular weight is 393 g/mol. The van der Waals surface area contributed by atoms with Crippen molar-refractivity contribution in [3.8, 4) is 16.8 Å². The number of pyridine rings is 1. The van der Waals surface area contributed by atoms with Gasteiger partial charge in [0.15, 0.2) is 0 Å². The maximum atomic E-state index is 4.61. The molecule has 148 valence electrons. The molecule has 30 heavy (non-hydrogen) atoms. The molecule has 0 bridgehead atoms. The van der Waals surface area contributed by atoms with E-state index in [-0.39, 0.29) is 0 Å². The minimum Gasteiger partial charge on any atom is -0.336 e. The van der Waals surface area contributed by atoms with Gasteiger partial charge in [-0.25, -0.2) is 9.67 Å². The normalized spacial score (nSPS) is 11.5. The number of nitrogens with zero attached hydrogens (tertiary/aromatic N) is 5. The Bertz CT molecular complexity index is 1340. The zero-order valence-electron chi connectivity index (χ0n) is 17.2. The van der Waals surface area contributed by atoms with Gasteiger partial charge in [-0.2, -0.15) is 0 Å². The quantitative estimate of drug-likeness (QED) is 0.453. The summed E-state index contributed by atoms with van der Waals surface area (Å²) in [6.45, 7) is 9.67. The number of aromatic nitrogens is 4. The van der Waals surface area contributed by atoms with Crippen LogP contribution < -0.4 is 5.49 Å². The molecule has 0 saturated carbocycles. The summed E-state index contributed by atoms with van der Waals surface area (Å²) >= 11 is 0. The Balaban J connectivity index is 1.85. The van der Waals surface area contributed by atoms with Gasteiger partial charge in [-0.15, -0.1) is 5.10 Å². The van der Waals surface area contributed by atoms with Crippen LogP contribution in [0.4, 0.5) is 0 Å². The lowest BCUT2D eigenvalue weighted by Crippen LogP contribution is -2.16. The molecule has 0 fully saturated rings. The Hall–Kier alpha value is -3.99. The first-order chi connectivity index (χ1) is 14.6. The monoisotopic (exact) mass is 393 g/mol. The highest BCUT2D eigenvalue weighted by molar-refractivity contribution is 5.78. The molecule has 0 saturated heterocycles. The van der Waals surface area contributed by atoms with Crippen molar-refractivity contribution in [3.05, 3.63) is 109 Å². The van der Waals surface area contributed by atoms with Gasteiger partial charge >= 0.3 is 0 Å². The largest absolute Gasteiger partial charge is 0.336 e. The van der Waals surface area contributed by atoms with Crippen LogP contribution in [0, 0.1) is 6.92 Å². The molecule has 0 radical (unpaired) electrons. The number of benzene rings is 2. The van der Waals surface area contributed by atoms with Gasteiger partial charge in [0.25, 0.3) is 0 Å². The van der Waals surface area contributed by atoms with Crippen molar-refractivity contribution in [2.75, 3.05) is 0 Å². The van der Waals surface area contributed by atoms with Gasteiger partial charge in [-0.05, 0) is 59.5 Å². The number of para-hydroxylation sites is 1. The summed E-state index contributed by atoms with van der Waals surface area (Å²) in [5.41, 5.74) is 7.92. The van der Waals surface area contributed by atoms with Crippen LogP contribution in [0.3, 0.4) is 0 Å². The topological polar surface area (TPSA) is 48.0 Å². The van der Waals surface area contributed by atoms with Crippen molar-refractivity contribution in [1.29, 1.82) is 0 Å². The Morgan fingerprint density at radius 3 is 2.63 bits per heavy atom. The summed E-state index contributed by atoms with van der Waals surface area (Å²) in [5.74, 6) is 0. The second kappa shape index (κ2) is 8.17. The summed E-state index contributed by atoms with van der Waals surface area (Å²) in [7, 11) is 1.97. The first-order valence-corrected chi connectivity index (χ1v) is 9.68. The summed E-state index contributed by atoms with van der Waals surface area (Å²) in [5, 5.41) is 8.67. The lowest BCUT2D eigenvalue weighted by atomic mass is 10.00. The fourth-order valence-electron chi connectivity index (χ4n) is 3.40. The van der Waals surface area contributed by atoms with E-state index in [1.165, 1.54) is 0 Å². The molecule has 4 aromatic rings. The summed E-state index contributed by atoms with van der Waals surface area (Å²) in [4.78, 5) is 4.61. The number of rotatable bonds is 5. The Kier molecular flexibility index (Phi) is 5.26. The van der Waals surface area contributed by atoms with Gasteiger partial charge in [-0.3, -0.25) is 0 Å². The van der Waals surface area contributed by atoms with Crippen LogP contribution in [0.5, 0.6) is 0 Å². The van der Waals surface area contributed by atoms with E-state index in [1.54, 1.807) is 18.4 Å². The fourth-order valence-corrected chi connectivity index (χ4v) is 3.40. The lowest BCUT2D eigenvalue weighted by molar-refractivity contribution is 0.819. The van der Waals surface area contributed by atoms with Crippen LogP contribution in [0.25, 0.3) is 27.8 Å². The van der Waals surface area contributed by atoms with Crippen LogP contribution in [0.1, 0.15) is 5.56 Å². The van der Waals surface area contributed by atoms with Gasteiger partial charge in [0.05, 0.1) is 11.2 Å². The molecular formula is C25H23N5. The summed E-state index contributed by atoms with van der Waals surface area (Å²) in [6, 6.07) is 18.4. The van der Waals surface area contributed by atoms with Crippen molar-refractivity contribution in [2.45, 2.75) is 6.92 Å². The number of allylic oxidation sites excluding steroid dienone is 3. The number of hydrogen-bond donors (Lipinski definition) is 0. The number of fused-ring (bicyclic) bond motifs is 1. The minimum atomic E-state index is 0.838. The predicted octanol–water partition coefficient (Wildman–Crippen LogP) is 4.89. The third kappa shape index (κ3) is 3.53. The van der Waals surface area contributed by atoms with Gasteiger partial charge in [-0.1, -0.05) is 54.8 Å². The predicted molar refractivity (Wildman–Crippen MR) is 122 cm³/mol. The smallest absolute Gasteiger partial charge is 0.132 e. The third-order valence-corrected chi connectivity index (χ3v) is 5.14. The highest BCUT2D eigenvalue weighted by Gasteiger charge is 2.12. The number of hydrogen-bond acceptors (Lipinski definition) is 3. The first-order valence-electron chi connectivity index (χ1n) is 9.68. The minimum absolute atomic E-state index is 0.838. The maximum absolute atomic E-state index is 4.61. The van der Waals surface area contributed by atoms with Crippen molar-refractivity contribution >= 4 is 11.0 Å². The highest BCUT2D eigenvalue weighted by Crippen LogP contribution is 2.28. The zero-order chi connectivity index (χ0) is 21.1. The van der Waals surface area contributed by atoms with E-state index in [9.17, 15) is 0 Å². The van der Waals surface area contributed by atoms with Crippen LogP contribution in [0.15, 0.2) is 103 Å². The molecule has 2 aromatic carbocycles. The van der Waals surface area contributed by atoms with Gasteiger partial charge in [0, 0.05) is 19.4 Å². The molecule has 5 heteroatoms. The van der Waals surface area contributed by atoms with Crippen molar-refractivity contribution in [1.82, 2.24) is 19.6 Å². The lowest BCUT2D eigenvalue weighted by Gasteiger charge is -2.12. The zero-order valence-corrected chi connectivity index (χ0v) is 17.2. The summed E-state index contributed by atoms with van der Waals surface area (Å²) < 4.78 is 3.87. The van der Waals surface area contributed by atoms with E-state index < -0.39 is 0 Å². The van der Waals surface area contributed by atoms with Crippen LogP contribution in [-0.2, 0) is 7.05 Å². The maximum Gasteiger partial charge on any atom is 0.132 e. The Morgan fingerprint density at radius 2 is 1.83 bits per heavy atom. The molecular weight excluding hydrogens is 370 g/mol. The van der Waals surface area contributed by atoms with Crippen LogP contribution in [-0.4, -0.2) is 19.6 Å². The molecule has 0 aliphatic rings. The second-order valence-electron chi connectivity index (χ2n) is 6.99. The standard InChI is InChI=1S/C25H23N5/c1-5-19(6-2)17-26-25-16-20(14-15-29(25)4)21-10-9-13-23(18(21)3)30-24-12-8-7-11-22(24)27-28-30/h5-17H,1-2H2,3-4H3. The summed E-state index contributed by atoms with van der Waals surface area (Å²) in [6.07, 6.45) is 7.25. The van der Waals surface area contributed by atoms with E-state index in [1.807, 2.05) is 52.8 Å². The van der Waals surface area contributed by atoms with Gasteiger partial charge in [0.1, 0.15) is 11.0 Å². The SMILES string of the molecule is C=CC(C=C)=CN=c1cc(-c2cccc(-n3nnc4ccccc43)c2C)ccn1C. The fraction of sp³-hybridized carbons (Fsp3) is 0.0800. The van der Waals surface area contributed by atoms with Crippen molar-refractivity contribution in [3.63, 3.8) is 0 Å². The highest BCUT2D eigenvalue weighted by atomic mass is 15.4. The molecule has 0 aliphatic heterocycles. The van der Waals surface area contributed by atoms with Crippen molar-refractivity contribution < 1.29 is 0 Å². The molecule has 0 spiro atoms. The van der Waals surface area contributed by atoms with Gasteiger partial charge < -0.3 is 4.57 Å². The third-order valence-electron chi connectivity index (χ3n) is 5.14. The van der Waals surface area contributed by atoms with E-state index >= 15 is 0 Å². The van der Waals surface area contributed by atoms with Crippen molar-refractivity contribution in [2.24, 2.45) is 12.0 Å².